The SMILES string of the molecule is COc1ccc(COCC(C)(C)CS(N)(=O)=O)cc1. The van der Waals surface area contributed by atoms with Gasteiger partial charge in [-0.2, -0.15) is 0 Å². The van der Waals surface area contributed by atoms with Crippen LogP contribution in [0.2, 0.25) is 0 Å². The molecule has 0 heterocycles. The molecule has 108 valence electrons. The molecule has 0 saturated heterocycles. The maximum atomic E-state index is 11.1. The minimum absolute atomic E-state index is 0.0946. The van der Waals surface area contributed by atoms with Crippen molar-refractivity contribution in [2.75, 3.05) is 19.5 Å². The number of benzene rings is 1. The van der Waals surface area contributed by atoms with E-state index in [1.54, 1.807) is 7.11 Å². The second-order valence-corrected chi connectivity index (χ2v) is 6.93. The fourth-order valence-corrected chi connectivity index (χ4v) is 2.93. The van der Waals surface area contributed by atoms with Gasteiger partial charge in [-0.3, -0.25) is 0 Å². The standard InChI is InChI=1S/C13H21NO4S/c1-13(2,10-19(14,15)16)9-18-8-11-4-6-12(17-3)7-5-11/h4-7H,8-10H2,1-3H3,(H2,14,15,16). The highest BCUT2D eigenvalue weighted by atomic mass is 32.2. The Kier molecular flexibility index (Phi) is 5.34. The maximum absolute atomic E-state index is 11.1. The van der Waals surface area contributed by atoms with Crippen molar-refractivity contribution >= 4 is 10.0 Å². The van der Waals surface area contributed by atoms with Crippen molar-refractivity contribution in [3.05, 3.63) is 29.8 Å². The topological polar surface area (TPSA) is 78.6 Å². The molecule has 0 radical (unpaired) electrons. The largest absolute Gasteiger partial charge is 0.497 e. The Morgan fingerprint density at radius 2 is 1.79 bits per heavy atom. The average molecular weight is 287 g/mol. The molecule has 1 aromatic rings. The number of hydrogen-bond donors (Lipinski definition) is 1. The number of primary sulfonamides is 1. The normalized spacial score (nSPS) is 12.4. The number of hydrogen-bond acceptors (Lipinski definition) is 4. The summed E-state index contributed by atoms with van der Waals surface area (Å²) in [6.07, 6.45) is 0. The Morgan fingerprint density at radius 1 is 1.21 bits per heavy atom. The van der Waals surface area contributed by atoms with Crippen LogP contribution in [0.3, 0.4) is 0 Å². The van der Waals surface area contributed by atoms with Crippen molar-refractivity contribution in [3.63, 3.8) is 0 Å². The second-order valence-electron chi connectivity index (χ2n) is 5.31. The monoisotopic (exact) mass is 287 g/mol. The molecule has 2 N–H and O–H groups in total. The average Bonchev–Trinajstić information content (AvgIpc) is 2.26. The first-order chi connectivity index (χ1) is 8.72. The van der Waals surface area contributed by atoms with Crippen LogP contribution in [0.25, 0.3) is 0 Å². The lowest BCUT2D eigenvalue weighted by molar-refractivity contribution is 0.0612. The molecular weight excluding hydrogens is 266 g/mol. The van der Waals surface area contributed by atoms with Crippen molar-refractivity contribution in [3.8, 4) is 5.75 Å². The molecule has 0 aliphatic carbocycles. The van der Waals surface area contributed by atoms with E-state index < -0.39 is 15.4 Å². The number of rotatable bonds is 7. The first-order valence-corrected chi connectivity index (χ1v) is 7.64. The second kappa shape index (κ2) is 6.36. The van der Waals surface area contributed by atoms with Gasteiger partial charge in [0.05, 0.1) is 26.1 Å². The van der Waals surface area contributed by atoms with Gasteiger partial charge in [0, 0.05) is 5.41 Å². The summed E-state index contributed by atoms with van der Waals surface area (Å²) in [5.41, 5.74) is 0.507. The fourth-order valence-electron chi connectivity index (χ4n) is 1.75. The van der Waals surface area contributed by atoms with Gasteiger partial charge in [-0.25, -0.2) is 13.6 Å². The van der Waals surface area contributed by atoms with Gasteiger partial charge < -0.3 is 9.47 Å². The van der Waals surface area contributed by atoms with E-state index in [2.05, 4.69) is 0 Å². The highest BCUT2D eigenvalue weighted by Crippen LogP contribution is 2.18. The van der Waals surface area contributed by atoms with Crippen LogP contribution in [0.1, 0.15) is 19.4 Å². The van der Waals surface area contributed by atoms with Gasteiger partial charge in [-0.15, -0.1) is 0 Å². The Labute approximate surface area is 114 Å². The van der Waals surface area contributed by atoms with Gasteiger partial charge in [-0.05, 0) is 17.7 Å². The molecule has 0 spiro atoms. The Hall–Kier alpha value is -1.11. The van der Waals surface area contributed by atoms with Crippen LogP contribution in [-0.4, -0.2) is 27.9 Å². The summed E-state index contributed by atoms with van der Waals surface area (Å²) in [5.74, 6) is 0.695. The lowest BCUT2D eigenvalue weighted by Gasteiger charge is -2.23. The third kappa shape index (κ3) is 6.56. The molecule has 0 bridgehead atoms. The van der Waals surface area contributed by atoms with Crippen molar-refractivity contribution in [2.24, 2.45) is 10.6 Å². The van der Waals surface area contributed by atoms with E-state index in [1.165, 1.54) is 0 Å². The lowest BCUT2D eigenvalue weighted by atomic mass is 9.98. The van der Waals surface area contributed by atoms with Crippen molar-refractivity contribution in [1.29, 1.82) is 0 Å². The van der Waals surface area contributed by atoms with Crippen LogP contribution < -0.4 is 9.88 Å². The highest BCUT2D eigenvalue weighted by Gasteiger charge is 2.24. The molecule has 0 atom stereocenters. The first kappa shape index (κ1) is 15.9. The molecule has 0 aromatic heterocycles. The molecular formula is C13H21NO4S. The van der Waals surface area contributed by atoms with Gasteiger partial charge in [0.2, 0.25) is 10.0 Å². The molecule has 0 amide bonds. The van der Waals surface area contributed by atoms with E-state index in [-0.39, 0.29) is 5.75 Å². The van der Waals surface area contributed by atoms with Crippen LogP contribution in [0.4, 0.5) is 0 Å². The summed E-state index contributed by atoms with van der Waals surface area (Å²) in [4.78, 5) is 0. The summed E-state index contributed by atoms with van der Waals surface area (Å²) in [7, 11) is -1.87. The molecule has 6 heteroatoms. The lowest BCUT2D eigenvalue weighted by Crippen LogP contribution is -2.32. The van der Waals surface area contributed by atoms with Crippen molar-refractivity contribution < 1.29 is 17.9 Å². The summed E-state index contributed by atoms with van der Waals surface area (Å²) in [6.45, 7) is 4.38. The van der Waals surface area contributed by atoms with Crippen LogP contribution in [0.15, 0.2) is 24.3 Å². The van der Waals surface area contributed by atoms with Crippen LogP contribution >= 0.6 is 0 Å². The van der Waals surface area contributed by atoms with Crippen LogP contribution in [-0.2, 0) is 21.4 Å². The minimum Gasteiger partial charge on any atom is -0.497 e. The maximum Gasteiger partial charge on any atom is 0.209 e. The van der Waals surface area contributed by atoms with Crippen molar-refractivity contribution in [1.82, 2.24) is 0 Å². The summed E-state index contributed by atoms with van der Waals surface area (Å²) in [5, 5.41) is 5.04. The predicted octanol–water partition coefficient (Wildman–Crippen LogP) is 1.53. The van der Waals surface area contributed by atoms with Crippen LogP contribution in [0.5, 0.6) is 5.75 Å². The van der Waals surface area contributed by atoms with E-state index in [0.29, 0.717) is 13.2 Å². The predicted molar refractivity (Wildman–Crippen MR) is 74.4 cm³/mol. The zero-order valence-electron chi connectivity index (χ0n) is 11.5. The van der Waals surface area contributed by atoms with E-state index in [9.17, 15) is 8.42 Å². The summed E-state index contributed by atoms with van der Waals surface area (Å²) >= 11 is 0. The van der Waals surface area contributed by atoms with Gasteiger partial charge in [0.1, 0.15) is 5.75 Å². The molecule has 0 unspecified atom stereocenters. The Morgan fingerprint density at radius 3 is 2.26 bits per heavy atom. The van der Waals surface area contributed by atoms with Gasteiger partial charge >= 0.3 is 0 Å². The minimum atomic E-state index is -3.48. The van der Waals surface area contributed by atoms with E-state index >= 15 is 0 Å². The third-order valence-corrected chi connectivity index (χ3v) is 3.70. The van der Waals surface area contributed by atoms with Gasteiger partial charge in [0.25, 0.3) is 0 Å². The smallest absolute Gasteiger partial charge is 0.209 e. The fraction of sp³-hybridized carbons (Fsp3) is 0.538. The summed E-state index contributed by atoms with van der Waals surface area (Å²) < 4.78 is 32.7. The highest BCUT2D eigenvalue weighted by molar-refractivity contribution is 7.89. The first-order valence-electron chi connectivity index (χ1n) is 5.93. The van der Waals surface area contributed by atoms with Crippen LogP contribution in [0, 0.1) is 5.41 Å². The summed E-state index contributed by atoms with van der Waals surface area (Å²) in [6, 6.07) is 7.53. The molecule has 1 aromatic carbocycles. The Bertz CT molecular complexity index is 494. The van der Waals surface area contributed by atoms with E-state index in [1.807, 2.05) is 38.1 Å². The Balaban J connectivity index is 2.44. The number of methoxy groups -OCH3 is 1. The number of nitrogens with two attached hydrogens (primary N) is 1. The third-order valence-electron chi connectivity index (χ3n) is 2.51. The van der Waals surface area contributed by atoms with Gasteiger partial charge in [0.15, 0.2) is 0 Å². The van der Waals surface area contributed by atoms with Crippen molar-refractivity contribution in [2.45, 2.75) is 20.5 Å². The van der Waals surface area contributed by atoms with E-state index in [4.69, 9.17) is 14.6 Å². The molecule has 5 nitrogen and oxygen atoms in total. The molecule has 0 aliphatic rings. The molecule has 19 heavy (non-hydrogen) atoms. The quantitative estimate of drug-likeness (QED) is 0.825. The molecule has 0 aliphatic heterocycles. The number of sulfonamides is 1. The molecule has 1 rings (SSSR count). The number of ether oxygens (including phenoxy) is 2. The van der Waals surface area contributed by atoms with E-state index in [0.717, 1.165) is 11.3 Å². The molecule has 0 saturated carbocycles. The zero-order valence-corrected chi connectivity index (χ0v) is 12.4. The molecule has 0 fully saturated rings. The van der Waals surface area contributed by atoms with Gasteiger partial charge in [-0.1, -0.05) is 26.0 Å². The zero-order chi connectivity index (χ0) is 14.5.